The second kappa shape index (κ2) is 5.23. The number of carbonyl (C=O) groups excluding carboxylic acids is 1. The van der Waals surface area contributed by atoms with Crippen LogP contribution in [0.15, 0.2) is 29.8 Å². The van der Waals surface area contributed by atoms with E-state index in [9.17, 15) is 23.1 Å². The Bertz CT molecular complexity index is 600. The van der Waals surface area contributed by atoms with E-state index in [0.29, 0.717) is 29.4 Å². The second-order valence-electron chi connectivity index (χ2n) is 6.32. The molecular formula is C17H19F3O2. The molecule has 22 heavy (non-hydrogen) atoms. The summed E-state index contributed by atoms with van der Waals surface area (Å²) >= 11 is 0. The van der Waals surface area contributed by atoms with Gasteiger partial charge in [-0.15, -0.1) is 0 Å². The van der Waals surface area contributed by atoms with Gasteiger partial charge in [0.25, 0.3) is 0 Å². The predicted molar refractivity (Wildman–Crippen MR) is 78.4 cm³/mol. The number of carbonyl (C=O) groups is 1. The molecule has 0 amide bonds. The Hall–Kier alpha value is -1.62. The third-order valence-electron chi connectivity index (χ3n) is 4.56. The quantitative estimate of drug-likeness (QED) is 0.841. The monoisotopic (exact) mass is 312 g/mol. The van der Waals surface area contributed by atoms with Crippen molar-refractivity contribution in [1.29, 1.82) is 0 Å². The molecule has 0 aromatic heterocycles. The summed E-state index contributed by atoms with van der Waals surface area (Å²) in [5.74, 6) is 0. The highest BCUT2D eigenvalue weighted by Gasteiger charge is 2.71. The number of hydrogen-bond acceptors (Lipinski definition) is 2. The summed E-state index contributed by atoms with van der Waals surface area (Å²) in [7, 11) is 0. The molecule has 1 atom stereocenters. The minimum Gasteiger partial charge on any atom is -0.376 e. The van der Waals surface area contributed by atoms with Crippen LogP contribution in [-0.4, -0.2) is 23.2 Å². The Morgan fingerprint density at radius 3 is 2.18 bits per heavy atom. The average Bonchev–Trinajstić information content (AvgIpc) is 2.45. The first-order valence-corrected chi connectivity index (χ1v) is 7.15. The van der Waals surface area contributed by atoms with Crippen molar-refractivity contribution in [3.63, 3.8) is 0 Å². The Kier molecular flexibility index (Phi) is 3.98. The normalized spacial score (nSPS) is 26.3. The molecule has 1 aromatic carbocycles. The summed E-state index contributed by atoms with van der Waals surface area (Å²) in [6.45, 7) is 4.61. The molecular weight excluding hydrogens is 293 g/mol. The lowest BCUT2D eigenvalue weighted by atomic mass is 9.53. The molecule has 1 fully saturated rings. The van der Waals surface area contributed by atoms with Crippen LogP contribution in [0.1, 0.15) is 49.5 Å². The Morgan fingerprint density at radius 1 is 1.27 bits per heavy atom. The number of halogens is 3. The number of aliphatic hydroxyl groups is 1. The van der Waals surface area contributed by atoms with E-state index in [1.807, 2.05) is 0 Å². The van der Waals surface area contributed by atoms with Gasteiger partial charge >= 0.3 is 6.18 Å². The Labute approximate surface area is 127 Å². The van der Waals surface area contributed by atoms with E-state index in [4.69, 9.17) is 0 Å². The predicted octanol–water partition coefficient (Wildman–Crippen LogP) is 4.39. The van der Waals surface area contributed by atoms with Gasteiger partial charge in [0.05, 0.1) is 0 Å². The average molecular weight is 312 g/mol. The second-order valence-corrected chi connectivity index (χ2v) is 6.32. The van der Waals surface area contributed by atoms with Crippen LogP contribution in [0.4, 0.5) is 13.2 Å². The maximum absolute atomic E-state index is 13.4. The first-order valence-electron chi connectivity index (χ1n) is 7.15. The topological polar surface area (TPSA) is 37.3 Å². The van der Waals surface area contributed by atoms with Crippen LogP contribution in [0.25, 0.3) is 5.57 Å². The fraction of sp³-hybridized carbons (Fsp3) is 0.471. The zero-order chi connectivity index (χ0) is 16.8. The summed E-state index contributed by atoms with van der Waals surface area (Å²) in [4.78, 5) is 10.7. The van der Waals surface area contributed by atoms with Gasteiger partial charge in [0.1, 0.15) is 6.29 Å². The molecule has 1 aliphatic rings. The molecule has 5 heteroatoms. The number of allylic oxidation sites excluding steroid dienone is 1. The van der Waals surface area contributed by atoms with E-state index >= 15 is 0 Å². The molecule has 0 radical (unpaired) electrons. The third kappa shape index (κ3) is 2.28. The number of aldehydes is 1. The molecule has 2 nitrogen and oxygen atoms in total. The molecule has 0 aliphatic heterocycles. The van der Waals surface area contributed by atoms with Gasteiger partial charge in [-0.3, -0.25) is 4.79 Å². The molecule has 1 N–H and O–H groups in total. The summed E-state index contributed by atoms with van der Waals surface area (Å²) in [6.07, 6.45) is -3.46. The minimum atomic E-state index is -4.72. The van der Waals surface area contributed by atoms with Crippen LogP contribution >= 0.6 is 0 Å². The first-order chi connectivity index (χ1) is 10.1. The highest BCUT2D eigenvalue weighted by molar-refractivity contribution is 5.78. The summed E-state index contributed by atoms with van der Waals surface area (Å²) in [5, 5.41) is 10.4. The van der Waals surface area contributed by atoms with Crippen molar-refractivity contribution in [2.24, 2.45) is 5.41 Å². The summed E-state index contributed by atoms with van der Waals surface area (Å²) in [5.41, 5.74) is -2.44. The summed E-state index contributed by atoms with van der Waals surface area (Å²) in [6, 6.07) is 6.37. The van der Waals surface area contributed by atoms with Crippen LogP contribution in [0, 0.1) is 5.41 Å². The molecule has 1 aromatic rings. The minimum absolute atomic E-state index is 0.0337. The Balaban J connectivity index is 2.56. The van der Waals surface area contributed by atoms with Gasteiger partial charge in [-0.05, 0) is 29.6 Å². The lowest BCUT2D eigenvalue weighted by Crippen LogP contribution is -2.65. The molecule has 1 aliphatic carbocycles. The number of benzene rings is 1. The SMILES string of the molecule is CC/C(=C1\CC(C)(C)[C@]1(O)C(F)(F)F)c1ccc(C=O)cc1. The van der Waals surface area contributed by atoms with Crippen LogP contribution in [0.3, 0.4) is 0 Å². The number of rotatable bonds is 3. The van der Waals surface area contributed by atoms with Crippen molar-refractivity contribution in [3.05, 3.63) is 41.0 Å². The molecule has 0 unspecified atom stereocenters. The van der Waals surface area contributed by atoms with Gasteiger partial charge in [0, 0.05) is 11.0 Å². The number of alkyl halides is 3. The lowest BCUT2D eigenvalue weighted by molar-refractivity contribution is -0.303. The van der Waals surface area contributed by atoms with E-state index in [1.165, 1.54) is 13.8 Å². The van der Waals surface area contributed by atoms with E-state index in [0.717, 1.165) is 0 Å². The van der Waals surface area contributed by atoms with Crippen molar-refractivity contribution >= 4 is 11.9 Å². The van der Waals surface area contributed by atoms with E-state index in [-0.39, 0.29) is 12.0 Å². The van der Waals surface area contributed by atoms with Crippen molar-refractivity contribution in [1.82, 2.24) is 0 Å². The van der Waals surface area contributed by atoms with Crippen molar-refractivity contribution in [3.8, 4) is 0 Å². The van der Waals surface area contributed by atoms with E-state index in [2.05, 4.69) is 0 Å². The standard InChI is InChI=1S/C17H19F3O2/c1-4-13(12-7-5-11(10-21)6-8-12)14-9-15(2,3)16(14,22)17(18,19)20/h5-8,10,22H,4,9H2,1-3H3/b14-13-/t16-/m0/s1. The fourth-order valence-corrected chi connectivity index (χ4v) is 3.23. The molecule has 0 spiro atoms. The van der Waals surface area contributed by atoms with Gasteiger partial charge in [0.15, 0.2) is 5.60 Å². The van der Waals surface area contributed by atoms with E-state index < -0.39 is 17.2 Å². The molecule has 0 saturated heterocycles. The third-order valence-corrected chi connectivity index (χ3v) is 4.56. The van der Waals surface area contributed by atoms with Crippen LogP contribution < -0.4 is 0 Å². The van der Waals surface area contributed by atoms with Crippen molar-refractivity contribution < 1.29 is 23.1 Å². The van der Waals surface area contributed by atoms with Gasteiger partial charge < -0.3 is 5.11 Å². The van der Waals surface area contributed by atoms with E-state index in [1.54, 1.807) is 31.2 Å². The molecule has 0 bridgehead atoms. The first kappa shape index (κ1) is 16.7. The zero-order valence-corrected chi connectivity index (χ0v) is 12.8. The van der Waals surface area contributed by atoms with Crippen LogP contribution in [0.5, 0.6) is 0 Å². The zero-order valence-electron chi connectivity index (χ0n) is 12.8. The maximum Gasteiger partial charge on any atom is 0.421 e. The smallest absolute Gasteiger partial charge is 0.376 e. The fourth-order valence-electron chi connectivity index (χ4n) is 3.23. The molecule has 1 saturated carbocycles. The van der Waals surface area contributed by atoms with Crippen molar-refractivity contribution in [2.75, 3.05) is 0 Å². The molecule has 0 heterocycles. The molecule has 120 valence electrons. The van der Waals surface area contributed by atoms with Gasteiger partial charge in [-0.2, -0.15) is 13.2 Å². The van der Waals surface area contributed by atoms with Gasteiger partial charge in [-0.1, -0.05) is 45.0 Å². The van der Waals surface area contributed by atoms with Gasteiger partial charge in [-0.25, -0.2) is 0 Å². The van der Waals surface area contributed by atoms with Crippen molar-refractivity contribution in [2.45, 2.75) is 45.4 Å². The van der Waals surface area contributed by atoms with Crippen LogP contribution in [0.2, 0.25) is 0 Å². The maximum atomic E-state index is 13.4. The highest BCUT2D eigenvalue weighted by Crippen LogP contribution is 2.62. The highest BCUT2D eigenvalue weighted by atomic mass is 19.4. The molecule has 2 rings (SSSR count). The lowest BCUT2D eigenvalue weighted by Gasteiger charge is -2.55. The van der Waals surface area contributed by atoms with Gasteiger partial charge in [0.2, 0.25) is 0 Å². The summed E-state index contributed by atoms with van der Waals surface area (Å²) < 4.78 is 40.3. The Morgan fingerprint density at radius 2 is 1.82 bits per heavy atom. The largest absolute Gasteiger partial charge is 0.421 e. The van der Waals surface area contributed by atoms with Crippen LogP contribution in [-0.2, 0) is 0 Å². The number of hydrogen-bond donors (Lipinski definition) is 1.